The van der Waals surface area contributed by atoms with Gasteiger partial charge < -0.3 is 0 Å². The number of rotatable bonds is 0. The first-order chi connectivity index (χ1) is 1.73. The quantitative estimate of drug-likeness (QED) is 0.437. The maximum Gasteiger partial charge on any atom is 0 e. The van der Waals surface area contributed by atoms with E-state index in [4.69, 9.17) is 11.5 Å². The van der Waals surface area contributed by atoms with E-state index >= 15 is 0 Å². The monoisotopic (exact) mass is 204 g/mol. The van der Waals surface area contributed by atoms with Crippen molar-refractivity contribution in [2.45, 2.75) is 0 Å². The summed E-state index contributed by atoms with van der Waals surface area (Å²) in [6.07, 6.45) is 0. The molecule has 4 N–H and O–H groups in total. The minimum absolute atomic E-state index is 0. The van der Waals surface area contributed by atoms with Crippen molar-refractivity contribution in [3.63, 3.8) is 0 Å². The van der Waals surface area contributed by atoms with Crippen LogP contribution in [0.3, 0.4) is 0 Å². The molecule has 0 aromatic rings. The molecule has 0 aromatic heterocycles. The average molecular weight is 202 g/mol. The largest absolute Gasteiger partial charge is 0 e. The molecule has 0 saturated carbocycles. The third-order valence-corrected chi connectivity index (χ3v) is 0. The van der Waals surface area contributed by atoms with Gasteiger partial charge in [0.2, 0.25) is 0 Å². The standard InChI is InChI=1S/CH4N2Se.Se/c2-1(3)4;/h(H4,2,3,4);. The smallest absolute Gasteiger partial charge is 0 e. The van der Waals surface area contributed by atoms with Crippen LogP contribution in [-0.4, -0.2) is 37.3 Å². The second-order valence-corrected chi connectivity index (χ2v) is 1.39. The molecule has 0 bridgehead atoms. The van der Waals surface area contributed by atoms with Gasteiger partial charge in [-0.25, -0.2) is 0 Å². The van der Waals surface area contributed by atoms with Gasteiger partial charge >= 0.3 is 31.7 Å². The number of hydrogen-bond acceptors (Lipinski definition) is 2. The fourth-order valence-corrected chi connectivity index (χ4v) is 0. The van der Waals surface area contributed by atoms with Crippen LogP contribution in [-0.2, 0) is 0 Å². The van der Waals surface area contributed by atoms with Crippen LogP contribution < -0.4 is 11.5 Å². The Morgan fingerprint density at radius 1 is 1.40 bits per heavy atom. The average Bonchev–Trinajstić information content (AvgIpc) is 0.811. The maximum atomic E-state index is 4.75. The molecule has 4 heteroatoms. The van der Waals surface area contributed by atoms with Crippen LogP contribution in [0, 0.1) is 0 Å². The zero-order chi connectivity index (χ0) is 3.58. The summed E-state index contributed by atoms with van der Waals surface area (Å²) in [4.78, 5) is 0. The molecule has 0 amide bonds. The molecule has 30 valence electrons. The molecule has 0 fully saturated rings. The molecule has 0 atom stereocenters. The first-order valence-electron chi connectivity index (χ1n) is 0.781. The van der Waals surface area contributed by atoms with E-state index < -0.39 is 0 Å². The molecule has 0 aliphatic rings. The van der Waals surface area contributed by atoms with Crippen molar-refractivity contribution >= 4 is 37.3 Å². The fraction of sp³-hybridized carbons (Fsp3) is 0. The Labute approximate surface area is 49.1 Å². The van der Waals surface area contributed by atoms with Gasteiger partial charge in [-0.3, -0.25) is 0 Å². The molecule has 5 heavy (non-hydrogen) atoms. The summed E-state index contributed by atoms with van der Waals surface area (Å²) in [5.74, 6) is 0. The molecular formula is CH4N2Se2. The minimum Gasteiger partial charge on any atom is 0 e. The van der Waals surface area contributed by atoms with Crippen LogP contribution in [0.1, 0.15) is 0 Å². The van der Waals surface area contributed by atoms with E-state index in [2.05, 4.69) is 15.6 Å². The Hall–Kier alpha value is 0.509. The van der Waals surface area contributed by atoms with Crippen molar-refractivity contribution in [3.8, 4) is 0 Å². The Morgan fingerprint density at radius 2 is 1.40 bits per heavy atom. The summed E-state index contributed by atoms with van der Waals surface area (Å²) in [6, 6.07) is 0. The molecule has 0 heterocycles. The van der Waals surface area contributed by atoms with E-state index in [1.54, 1.807) is 0 Å². The van der Waals surface area contributed by atoms with Crippen LogP contribution in [0.15, 0.2) is 0 Å². The van der Waals surface area contributed by atoms with Gasteiger partial charge in [0.15, 0.2) is 0 Å². The second-order valence-electron chi connectivity index (χ2n) is 0.402. The van der Waals surface area contributed by atoms with E-state index in [0.717, 1.165) is 0 Å². The van der Waals surface area contributed by atoms with E-state index in [1.165, 1.54) is 0 Å². The molecular weight excluding hydrogens is 198 g/mol. The summed E-state index contributed by atoms with van der Waals surface area (Å²) in [5.41, 5.74) is 9.50. The molecule has 2 nitrogen and oxygen atoms in total. The van der Waals surface area contributed by atoms with E-state index in [9.17, 15) is 0 Å². The summed E-state index contributed by atoms with van der Waals surface area (Å²) in [7, 11) is 0. The topological polar surface area (TPSA) is 52.0 Å². The van der Waals surface area contributed by atoms with Crippen molar-refractivity contribution in [2.75, 3.05) is 0 Å². The first kappa shape index (κ1) is 9.10. The number of hydrogen-bond donors (Lipinski definition) is 2. The van der Waals surface area contributed by atoms with Crippen LogP contribution >= 0.6 is 0 Å². The van der Waals surface area contributed by atoms with Gasteiger partial charge in [-0.05, 0) is 0 Å². The van der Waals surface area contributed by atoms with Gasteiger partial charge in [-0.1, -0.05) is 0 Å². The summed E-state index contributed by atoms with van der Waals surface area (Å²) in [6.45, 7) is 0. The minimum atomic E-state index is 0. The normalized spacial score (nSPS) is 4.80. The molecule has 0 saturated heterocycles. The Bertz CT molecular complexity index is 30.6. The predicted octanol–water partition coefficient (Wildman–Crippen LogP) is -2.22. The zero-order valence-corrected chi connectivity index (χ0v) is 5.90. The van der Waals surface area contributed by atoms with Crippen molar-refractivity contribution in [1.82, 2.24) is 0 Å². The number of nitrogens with two attached hydrogens (primary N) is 2. The van der Waals surface area contributed by atoms with Gasteiger partial charge in [0.25, 0.3) is 0 Å². The van der Waals surface area contributed by atoms with E-state index in [0.29, 0.717) is 4.67 Å². The SMILES string of the molecule is NC(N)=[Se].[Se]. The molecule has 2 radical (unpaired) electrons. The van der Waals surface area contributed by atoms with Gasteiger partial charge in [-0.2, -0.15) is 0 Å². The van der Waals surface area contributed by atoms with Crippen LogP contribution in [0.5, 0.6) is 0 Å². The van der Waals surface area contributed by atoms with Gasteiger partial charge in [-0.15, -0.1) is 0 Å². The van der Waals surface area contributed by atoms with Gasteiger partial charge in [0, 0.05) is 17.1 Å². The summed E-state index contributed by atoms with van der Waals surface area (Å²) in [5, 5.41) is 0. The molecule has 0 spiro atoms. The van der Waals surface area contributed by atoms with Gasteiger partial charge in [0.05, 0.1) is 0 Å². The molecule has 0 aromatic carbocycles. The Balaban J connectivity index is 0. The first-order valence-corrected chi connectivity index (χ1v) is 1.64. The Morgan fingerprint density at radius 3 is 1.40 bits per heavy atom. The van der Waals surface area contributed by atoms with Crippen molar-refractivity contribution in [1.29, 1.82) is 0 Å². The summed E-state index contributed by atoms with van der Waals surface area (Å²) < 4.78 is 0.292. The zero-order valence-electron chi connectivity index (χ0n) is 2.47. The Kier molecular flexibility index (Phi) is 8.20. The van der Waals surface area contributed by atoms with Gasteiger partial charge in [0.1, 0.15) is 0 Å². The van der Waals surface area contributed by atoms with Crippen LogP contribution in [0.2, 0.25) is 0 Å². The molecule has 0 aliphatic heterocycles. The van der Waals surface area contributed by atoms with Crippen LogP contribution in [0.4, 0.5) is 0 Å². The summed E-state index contributed by atoms with van der Waals surface area (Å²) >= 11 is 2.38. The maximum absolute atomic E-state index is 4.75. The molecule has 0 unspecified atom stereocenters. The van der Waals surface area contributed by atoms with Crippen molar-refractivity contribution in [2.24, 2.45) is 11.5 Å². The third-order valence-electron chi connectivity index (χ3n) is 0. The van der Waals surface area contributed by atoms with Crippen LogP contribution in [0.25, 0.3) is 0 Å². The van der Waals surface area contributed by atoms with E-state index in [-0.39, 0.29) is 17.1 Å². The van der Waals surface area contributed by atoms with Crippen molar-refractivity contribution < 1.29 is 0 Å². The second kappa shape index (κ2) is 4.51. The van der Waals surface area contributed by atoms with Crippen molar-refractivity contribution in [3.05, 3.63) is 0 Å². The van der Waals surface area contributed by atoms with E-state index in [1.807, 2.05) is 0 Å². The fourth-order valence-electron chi connectivity index (χ4n) is 0. The molecule has 0 aliphatic carbocycles. The predicted molar refractivity (Wildman–Crippen MR) is 24.9 cm³/mol. The molecule has 0 rings (SSSR count). The third kappa shape index (κ3) is 110.